The smallest absolute Gasteiger partial charge is 0.288 e. The summed E-state index contributed by atoms with van der Waals surface area (Å²) in [5, 5.41) is 19.4. The first kappa shape index (κ1) is 13.3. The fraction of sp³-hybridized carbons (Fsp3) is 0.400. The normalized spacial score (nSPS) is 10.4. The third kappa shape index (κ3) is 4.00. The van der Waals surface area contributed by atoms with E-state index in [1.807, 2.05) is 0 Å². The van der Waals surface area contributed by atoms with Gasteiger partial charge < -0.3 is 5.11 Å². The molecule has 0 aliphatic rings. The first-order chi connectivity index (χ1) is 7.65. The van der Waals surface area contributed by atoms with E-state index in [-0.39, 0.29) is 17.3 Å². The molecule has 0 fully saturated rings. The van der Waals surface area contributed by atoms with Gasteiger partial charge in [-0.3, -0.25) is 10.1 Å². The van der Waals surface area contributed by atoms with E-state index in [1.165, 1.54) is 6.07 Å². The first-order valence-corrected chi connectivity index (χ1v) is 6.30. The Morgan fingerprint density at radius 2 is 2.25 bits per heavy atom. The summed E-state index contributed by atoms with van der Waals surface area (Å²) < 4.78 is 0. The van der Waals surface area contributed by atoms with E-state index in [0.29, 0.717) is 5.75 Å². The number of nitrogens with zero attached hydrogens (tertiary/aromatic N) is 1. The summed E-state index contributed by atoms with van der Waals surface area (Å²) >= 11 is 7.32. The Morgan fingerprint density at radius 3 is 2.88 bits per heavy atom. The highest BCUT2D eigenvalue weighted by molar-refractivity contribution is 7.98. The van der Waals surface area contributed by atoms with Crippen LogP contribution in [0.5, 0.6) is 0 Å². The third-order valence-corrected chi connectivity index (χ3v) is 3.36. The summed E-state index contributed by atoms with van der Waals surface area (Å²) in [6.07, 6.45) is 0.736. The molecule has 1 N–H and O–H groups in total. The van der Waals surface area contributed by atoms with Crippen molar-refractivity contribution >= 4 is 29.1 Å². The highest BCUT2D eigenvalue weighted by Crippen LogP contribution is 2.26. The maximum atomic E-state index is 10.6. The van der Waals surface area contributed by atoms with Crippen molar-refractivity contribution in [2.24, 2.45) is 0 Å². The van der Waals surface area contributed by atoms with Crippen molar-refractivity contribution in [2.45, 2.75) is 12.2 Å². The number of hydrogen-bond acceptors (Lipinski definition) is 4. The number of benzene rings is 1. The topological polar surface area (TPSA) is 63.4 Å². The molecule has 16 heavy (non-hydrogen) atoms. The number of aliphatic hydroxyl groups is 1. The van der Waals surface area contributed by atoms with Gasteiger partial charge in [-0.05, 0) is 23.8 Å². The predicted octanol–water partition coefficient (Wildman–Crippen LogP) is 2.86. The van der Waals surface area contributed by atoms with Gasteiger partial charge >= 0.3 is 0 Å². The van der Waals surface area contributed by atoms with Crippen LogP contribution in [0.1, 0.15) is 12.0 Å². The monoisotopic (exact) mass is 261 g/mol. The quantitative estimate of drug-likeness (QED) is 0.486. The van der Waals surface area contributed by atoms with Crippen LogP contribution < -0.4 is 0 Å². The minimum Gasteiger partial charge on any atom is -0.396 e. The largest absolute Gasteiger partial charge is 0.396 e. The fourth-order valence-corrected chi connectivity index (χ4v) is 2.22. The fourth-order valence-electron chi connectivity index (χ4n) is 1.14. The summed E-state index contributed by atoms with van der Waals surface area (Å²) in [6, 6.07) is 4.82. The average molecular weight is 262 g/mol. The Bertz CT molecular complexity index is 373. The number of nitro benzene ring substituents is 1. The molecule has 0 atom stereocenters. The summed E-state index contributed by atoms with van der Waals surface area (Å²) in [6.45, 7) is 0.174. The lowest BCUT2D eigenvalue weighted by Gasteiger charge is -2.02. The highest BCUT2D eigenvalue weighted by atomic mass is 35.5. The lowest BCUT2D eigenvalue weighted by atomic mass is 10.2. The molecule has 1 aromatic carbocycles. The second-order valence-electron chi connectivity index (χ2n) is 3.17. The van der Waals surface area contributed by atoms with Crippen LogP contribution >= 0.6 is 23.4 Å². The Labute approximate surface area is 103 Å². The number of halogens is 1. The van der Waals surface area contributed by atoms with Gasteiger partial charge in [0, 0.05) is 18.4 Å². The molecular formula is C10H12ClNO3S. The van der Waals surface area contributed by atoms with Gasteiger partial charge in [-0.15, -0.1) is 0 Å². The van der Waals surface area contributed by atoms with Gasteiger partial charge in [0.1, 0.15) is 5.02 Å². The van der Waals surface area contributed by atoms with Gasteiger partial charge in [-0.1, -0.05) is 17.7 Å². The van der Waals surface area contributed by atoms with Crippen molar-refractivity contribution in [3.05, 3.63) is 38.9 Å². The van der Waals surface area contributed by atoms with Crippen LogP contribution in [0.15, 0.2) is 18.2 Å². The maximum absolute atomic E-state index is 10.6. The van der Waals surface area contributed by atoms with E-state index in [1.54, 1.807) is 23.9 Å². The zero-order valence-electron chi connectivity index (χ0n) is 8.56. The van der Waals surface area contributed by atoms with Crippen LogP contribution in [0.4, 0.5) is 5.69 Å². The molecule has 0 saturated heterocycles. The number of nitro groups is 1. The number of hydrogen-bond donors (Lipinski definition) is 1. The molecule has 0 aliphatic carbocycles. The maximum Gasteiger partial charge on any atom is 0.288 e. The zero-order valence-corrected chi connectivity index (χ0v) is 10.1. The highest BCUT2D eigenvalue weighted by Gasteiger charge is 2.12. The molecule has 0 aliphatic heterocycles. The molecule has 4 nitrogen and oxygen atoms in total. The minimum atomic E-state index is -0.482. The average Bonchev–Trinajstić information content (AvgIpc) is 2.26. The standard InChI is InChI=1S/C10H12ClNO3S/c11-9-3-2-8(6-10(9)12(14)15)7-16-5-1-4-13/h2-3,6,13H,1,4-5,7H2. The molecule has 1 rings (SSSR count). The molecular weight excluding hydrogens is 250 g/mol. The first-order valence-electron chi connectivity index (χ1n) is 4.76. The summed E-state index contributed by atoms with van der Waals surface area (Å²) in [7, 11) is 0. The van der Waals surface area contributed by atoms with Gasteiger partial charge in [-0.2, -0.15) is 11.8 Å². The molecule has 0 spiro atoms. The molecule has 1 aromatic rings. The van der Waals surface area contributed by atoms with Gasteiger partial charge in [0.25, 0.3) is 5.69 Å². The Morgan fingerprint density at radius 1 is 1.50 bits per heavy atom. The van der Waals surface area contributed by atoms with E-state index in [9.17, 15) is 10.1 Å². The van der Waals surface area contributed by atoms with Gasteiger partial charge in [0.2, 0.25) is 0 Å². The lowest BCUT2D eigenvalue weighted by Crippen LogP contribution is -1.92. The zero-order chi connectivity index (χ0) is 12.0. The van der Waals surface area contributed by atoms with Crippen LogP contribution in [0.25, 0.3) is 0 Å². The van der Waals surface area contributed by atoms with E-state index >= 15 is 0 Å². The van der Waals surface area contributed by atoms with E-state index in [4.69, 9.17) is 16.7 Å². The summed E-state index contributed by atoms with van der Waals surface area (Å²) in [5.74, 6) is 1.53. The molecule has 0 radical (unpaired) electrons. The Kier molecular flexibility index (Phi) is 5.59. The van der Waals surface area contributed by atoms with Gasteiger partial charge in [-0.25, -0.2) is 0 Å². The Balaban J connectivity index is 2.61. The molecule has 0 saturated carbocycles. The SMILES string of the molecule is O=[N+]([O-])c1cc(CSCCCO)ccc1Cl. The van der Waals surface area contributed by atoms with Crippen molar-refractivity contribution in [3.63, 3.8) is 0 Å². The van der Waals surface area contributed by atoms with Crippen molar-refractivity contribution in [1.29, 1.82) is 0 Å². The molecule has 0 amide bonds. The second kappa shape index (κ2) is 6.73. The van der Waals surface area contributed by atoms with Crippen molar-refractivity contribution in [1.82, 2.24) is 0 Å². The molecule has 0 aromatic heterocycles. The van der Waals surface area contributed by atoms with Crippen LogP contribution in [-0.4, -0.2) is 22.4 Å². The van der Waals surface area contributed by atoms with Gasteiger partial charge in [0.15, 0.2) is 0 Å². The summed E-state index contributed by atoms with van der Waals surface area (Å²) in [5.41, 5.74) is 0.820. The van der Waals surface area contributed by atoms with E-state index in [0.717, 1.165) is 17.7 Å². The predicted molar refractivity (Wildman–Crippen MR) is 66.0 cm³/mol. The molecule has 6 heteroatoms. The third-order valence-electron chi connectivity index (χ3n) is 1.92. The van der Waals surface area contributed by atoms with Crippen LogP contribution in [0, 0.1) is 10.1 Å². The number of rotatable bonds is 6. The molecule has 0 bridgehead atoms. The van der Waals surface area contributed by atoms with E-state index < -0.39 is 4.92 Å². The van der Waals surface area contributed by atoms with Crippen molar-refractivity contribution in [2.75, 3.05) is 12.4 Å². The Hall–Kier alpha value is -0.780. The van der Waals surface area contributed by atoms with Crippen LogP contribution in [0.3, 0.4) is 0 Å². The molecule has 0 unspecified atom stereocenters. The van der Waals surface area contributed by atoms with Gasteiger partial charge in [0.05, 0.1) is 4.92 Å². The molecule has 88 valence electrons. The minimum absolute atomic E-state index is 0.0538. The van der Waals surface area contributed by atoms with Crippen LogP contribution in [-0.2, 0) is 5.75 Å². The van der Waals surface area contributed by atoms with E-state index in [2.05, 4.69) is 0 Å². The van der Waals surface area contributed by atoms with Crippen molar-refractivity contribution in [3.8, 4) is 0 Å². The van der Waals surface area contributed by atoms with Crippen molar-refractivity contribution < 1.29 is 10.0 Å². The molecule has 0 heterocycles. The summed E-state index contributed by atoms with van der Waals surface area (Å²) in [4.78, 5) is 10.1. The van der Waals surface area contributed by atoms with Crippen LogP contribution in [0.2, 0.25) is 5.02 Å². The number of aliphatic hydroxyl groups excluding tert-OH is 1. The lowest BCUT2D eigenvalue weighted by molar-refractivity contribution is -0.384. The number of thioether (sulfide) groups is 1. The second-order valence-corrected chi connectivity index (χ2v) is 4.68.